The Morgan fingerprint density at radius 1 is 1.60 bits per heavy atom. The van der Waals surface area contributed by atoms with Crippen molar-refractivity contribution in [3.8, 4) is 0 Å². The van der Waals surface area contributed by atoms with Crippen LogP contribution in [0.15, 0.2) is 0 Å². The summed E-state index contributed by atoms with van der Waals surface area (Å²) < 4.78 is 10.7. The summed E-state index contributed by atoms with van der Waals surface area (Å²) >= 11 is 4.09. The van der Waals surface area contributed by atoms with Gasteiger partial charge in [-0.3, -0.25) is 0 Å². The molecule has 1 aliphatic heterocycles. The van der Waals surface area contributed by atoms with Crippen molar-refractivity contribution in [3.05, 3.63) is 0 Å². The van der Waals surface area contributed by atoms with Crippen molar-refractivity contribution in [3.63, 3.8) is 0 Å². The minimum atomic E-state index is -0.382. The van der Waals surface area contributed by atoms with Gasteiger partial charge in [-0.1, -0.05) is 7.43 Å². The molecule has 10 heavy (non-hydrogen) atoms. The van der Waals surface area contributed by atoms with Gasteiger partial charge < -0.3 is 9.47 Å². The van der Waals surface area contributed by atoms with Crippen molar-refractivity contribution in [2.45, 2.75) is 33.2 Å². The molecule has 1 fully saturated rings. The van der Waals surface area contributed by atoms with Gasteiger partial charge in [0.05, 0.1) is 12.7 Å². The van der Waals surface area contributed by atoms with Crippen molar-refractivity contribution in [1.82, 2.24) is 0 Å². The lowest BCUT2D eigenvalue weighted by Gasteiger charge is -2.15. The third-order valence-corrected chi connectivity index (χ3v) is 1.68. The van der Waals surface area contributed by atoms with Crippen LogP contribution < -0.4 is 0 Å². The van der Waals surface area contributed by atoms with Crippen LogP contribution in [0, 0.1) is 0 Å². The van der Waals surface area contributed by atoms with E-state index in [1.54, 1.807) is 0 Å². The van der Waals surface area contributed by atoms with Crippen LogP contribution in [0.4, 0.5) is 0 Å². The molecule has 0 aromatic heterocycles. The fraction of sp³-hybridized carbons (Fsp3) is 1.00. The molecule has 0 bridgehead atoms. The zero-order valence-electron chi connectivity index (χ0n) is 5.76. The molecule has 62 valence electrons. The molecule has 2 nitrogen and oxygen atoms in total. The number of hydrogen-bond acceptors (Lipinski definition) is 3. The first kappa shape index (κ1) is 10.3. The van der Waals surface area contributed by atoms with Gasteiger partial charge in [-0.15, -0.1) is 0 Å². The van der Waals surface area contributed by atoms with E-state index in [9.17, 15) is 0 Å². The first-order valence-electron chi connectivity index (χ1n) is 3.07. The summed E-state index contributed by atoms with van der Waals surface area (Å²) in [4.78, 5) is 0. The Bertz CT molecular complexity index is 104. The highest BCUT2D eigenvalue weighted by molar-refractivity contribution is 7.80. The van der Waals surface area contributed by atoms with E-state index in [0.29, 0.717) is 6.61 Å². The normalized spacial score (nSPS) is 29.7. The highest BCUT2D eigenvalue weighted by Crippen LogP contribution is 2.22. The maximum Gasteiger partial charge on any atom is 0.163 e. The van der Waals surface area contributed by atoms with Crippen molar-refractivity contribution in [2.24, 2.45) is 0 Å². The Morgan fingerprint density at radius 2 is 2.20 bits per heavy atom. The molecule has 0 aromatic carbocycles. The number of rotatable bonds is 1. The molecule has 1 rings (SSSR count). The van der Waals surface area contributed by atoms with Gasteiger partial charge in [-0.05, 0) is 13.8 Å². The SMILES string of the molecule is C.CC1(C)OC[C@@H](CS)O1. The zero-order chi connectivity index (χ0) is 6.91. The molecule has 0 spiro atoms. The molecular weight excluding hydrogens is 148 g/mol. The Balaban J connectivity index is 0.000000810. The first-order valence-corrected chi connectivity index (χ1v) is 3.70. The van der Waals surface area contributed by atoms with E-state index in [1.165, 1.54) is 0 Å². The third kappa shape index (κ3) is 2.48. The van der Waals surface area contributed by atoms with Gasteiger partial charge >= 0.3 is 0 Å². The molecular formula is C7H16O2S. The molecule has 0 radical (unpaired) electrons. The zero-order valence-corrected chi connectivity index (χ0v) is 6.65. The Labute approximate surface area is 68.3 Å². The molecule has 1 aliphatic rings. The van der Waals surface area contributed by atoms with Crippen LogP contribution in [0.2, 0.25) is 0 Å². The van der Waals surface area contributed by atoms with Gasteiger partial charge in [-0.2, -0.15) is 12.6 Å². The van der Waals surface area contributed by atoms with Gasteiger partial charge in [0.25, 0.3) is 0 Å². The van der Waals surface area contributed by atoms with Gasteiger partial charge in [0.2, 0.25) is 0 Å². The number of ether oxygens (including phenoxy) is 2. The summed E-state index contributed by atoms with van der Waals surface area (Å²) in [7, 11) is 0. The van der Waals surface area contributed by atoms with Crippen molar-refractivity contribution >= 4 is 12.6 Å². The molecule has 0 unspecified atom stereocenters. The van der Waals surface area contributed by atoms with Gasteiger partial charge in [-0.25, -0.2) is 0 Å². The van der Waals surface area contributed by atoms with E-state index in [4.69, 9.17) is 9.47 Å². The van der Waals surface area contributed by atoms with Crippen molar-refractivity contribution in [2.75, 3.05) is 12.4 Å². The fourth-order valence-corrected chi connectivity index (χ4v) is 1.03. The molecule has 1 heterocycles. The smallest absolute Gasteiger partial charge is 0.163 e. The van der Waals surface area contributed by atoms with Crippen LogP contribution in [-0.4, -0.2) is 24.3 Å². The van der Waals surface area contributed by atoms with Crippen LogP contribution in [0.1, 0.15) is 21.3 Å². The highest BCUT2D eigenvalue weighted by Gasteiger charge is 2.31. The predicted molar refractivity (Wildman–Crippen MR) is 45.5 cm³/mol. The average Bonchev–Trinajstić information content (AvgIpc) is 2.10. The Hall–Kier alpha value is 0.270. The molecule has 1 saturated heterocycles. The van der Waals surface area contributed by atoms with Crippen molar-refractivity contribution < 1.29 is 9.47 Å². The third-order valence-electron chi connectivity index (χ3n) is 1.27. The average molecular weight is 164 g/mol. The maximum atomic E-state index is 5.40. The molecule has 1 atom stereocenters. The van der Waals surface area contributed by atoms with E-state index in [0.717, 1.165) is 5.75 Å². The quantitative estimate of drug-likeness (QED) is 0.595. The summed E-state index contributed by atoms with van der Waals surface area (Å²) in [5, 5.41) is 0. The lowest BCUT2D eigenvalue weighted by Crippen LogP contribution is -2.21. The first-order chi connectivity index (χ1) is 4.14. The second-order valence-electron chi connectivity index (χ2n) is 2.63. The molecule has 0 aliphatic carbocycles. The van der Waals surface area contributed by atoms with Crippen LogP contribution in [0.5, 0.6) is 0 Å². The van der Waals surface area contributed by atoms with Crippen LogP contribution in [0.3, 0.4) is 0 Å². The molecule has 0 N–H and O–H groups in total. The summed E-state index contributed by atoms with van der Waals surface area (Å²) in [6.07, 6.45) is 0.184. The minimum absolute atomic E-state index is 0. The topological polar surface area (TPSA) is 18.5 Å². The van der Waals surface area contributed by atoms with E-state index < -0.39 is 0 Å². The predicted octanol–water partition coefficient (Wildman–Crippen LogP) is 1.70. The van der Waals surface area contributed by atoms with Crippen LogP contribution in [0.25, 0.3) is 0 Å². The summed E-state index contributed by atoms with van der Waals surface area (Å²) in [6.45, 7) is 4.50. The lowest BCUT2D eigenvalue weighted by atomic mass is 10.4. The second-order valence-corrected chi connectivity index (χ2v) is 3.00. The maximum absolute atomic E-state index is 5.40. The summed E-state index contributed by atoms with van der Waals surface area (Å²) in [6, 6.07) is 0. The van der Waals surface area contributed by atoms with Crippen LogP contribution >= 0.6 is 12.6 Å². The van der Waals surface area contributed by atoms with E-state index in [1.807, 2.05) is 13.8 Å². The van der Waals surface area contributed by atoms with E-state index in [-0.39, 0.29) is 19.3 Å². The highest BCUT2D eigenvalue weighted by atomic mass is 32.1. The summed E-state index contributed by atoms with van der Waals surface area (Å²) in [5.74, 6) is 0.358. The van der Waals surface area contributed by atoms with Crippen molar-refractivity contribution in [1.29, 1.82) is 0 Å². The largest absolute Gasteiger partial charge is 0.348 e. The number of hydrogen-bond donors (Lipinski definition) is 1. The Kier molecular flexibility index (Phi) is 3.70. The molecule has 0 aromatic rings. The van der Waals surface area contributed by atoms with E-state index in [2.05, 4.69) is 12.6 Å². The fourth-order valence-electron chi connectivity index (χ4n) is 0.853. The second kappa shape index (κ2) is 3.60. The Morgan fingerprint density at radius 3 is 2.40 bits per heavy atom. The minimum Gasteiger partial charge on any atom is -0.348 e. The van der Waals surface area contributed by atoms with Gasteiger partial charge in [0.15, 0.2) is 5.79 Å². The van der Waals surface area contributed by atoms with Gasteiger partial charge in [0, 0.05) is 5.75 Å². The lowest BCUT2D eigenvalue weighted by molar-refractivity contribution is -0.135. The molecule has 0 saturated carbocycles. The van der Waals surface area contributed by atoms with Gasteiger partial charge in [0.1, 0.15) is 0 Å². The number of thiol groups is 1. The molecule has 0 amide bonds. The van der Waals surface area contributed by atoms with E-state index >= 15 is 0 Å². The standard InChI is InChI=1S/C6H12O2S.CH4/c1-6(2)7-3-5(4-9)8-6;/h5,9H,3-4H2,1-2H3;1H4/t5-;/m0./s1. The monoisotopic (exact) mass is 164 g/mol. The van der Waals surface area contributed by atoms with Crippen LogP contribution in [-0.2, 0) is 9.47 Å². The molecule has 3 heteroatoms. The summed E-state index contributed by atoms with van der Waals surface area (Å²) in [5.41, 5.74) is 0.